The third-order valence-corrected chi connectivity index (χ3v) is 3.31. The standard InChI is InChI=1S/C14H12BClFNO3/c1-8-3-2-4-11(16)13(8)18-14(19)9-5-6-12(17)10(7-9)15(20)21/h2-7,20-21H,1H3,(H,18,19). The highest BCUT2D eigenvalue weighted by molar-refractivity contribution is 6.58. The summed E-state index contributed by atoms with van der Waals surface area (Å²) in [7, 11) is -1.99. The molecule has 0 spiro atoms. The number of carbonyl (C=O) groups is 1. The minimum atomic E-state index is -1.99. The second-order valence-corrected chi connectivity index (χ2v) is 4.90. The van der Waals surface area contributed by atoms with E-state index < -0.39 is 18.8 Å². The van der Waals surface area contributed by atoms with E-state index in [0.29, 0.717) is 10.7 Å². The smallest absolute Gasteiger partial charge is 0.423 e. The number of halogens is 2. The molecule has 0 aliphatic heterocycles. The number of carbonyl (C=O) groups excluding carboxylic acids is 1. The van der Waals surface area contributed by atoms with Gasteiger partial charge in [-0.25, -0.2) is 4.39 Å². The zero-order valence-corrected chi connectivity index (χ0v) is 11.9. The molecule has 1 amide bonds. The molecule has 0 radical (unpaired) electrons. The van der Waals surface area contributed by atoms with Crippen LogP contribution in [0.25, 0.3) is 0 Å². The van der Waals surface area contributed by atoms with Crippen LogP contribution in [0.4, 0.5) is 10.1 Å². The van der Waals surface area contributed by atoms with E-state index in [1.807, 2.05) is 0 Å². The van der Waals surface area contributed by atoms with Crippen LogP contribution >= 0.6 is 11.6 Å². The highest BCUT2D eigenvalue weighted by atomic mass is 35.5. The quantitative estimate of drug-likeness (QED) is 0.756. The molecule has 0 aliphatic carbocycles. The van der Waals surface area contributed by atoms with Crippen LogP contribution in [0, 0.1) is 12.7 Å². The molecule has 108 valence electrons. The Labute approximate surface area is 126 Å². The van der Waals surface area contributed by atoms with Crippen LogP contribution in [0.15, 0.2) is 36.4 Å². The van der Waals surface area contributed by atoms with Crippen molar-refractivity contribution in [2.45, 2.75) is 6.92 Å². The second-order valence-electron chi connectivity index (χ2n) is 4.50. The van der Waals surface area contributed by atoms with Gasteiger partial charge in [0.25, 0.3) is 5.91 Å². The summed E-state index contributed by atoms with van der Waals surface area (Å²) >= 11 is 6.01. The minimum absolute atomic E-state index is 0.0961. The molecule has 3 N–H and O–H groups in total. The van der Waals surface area contributed by atoms with E-state index in [4.69, 9.17) is 21.6 Å². The molecule has 0 atom stereocenters. The molecular formula is C14H12BClFNO3. The molecule has 0 saturated heterocycles. The monoisotopic (exact) mass is 307 g/mol. The van der Waals surface area contributed by atoms with Crippen LogP contribution in [0.5, 0.6) is 0 Å². The van der Waals surface area contributed by atoms with Crippen molar-refractivity contribution in [1.29, 1.82) is 0 Å². The minimum Gasteiger partial charge on any atom is -0.423 e. The van der Waals surface area contributed by atoms with Gasteiger partial charge in [0, 0.05) is 11.0 Å². The predicted molar refractivity (Wildman–Crippen MR) is 80.4 cm³/mol. The molecule has 0 aliphatic rings. The van der Waals surface area contributed by atoms with Crippen molar-refractivity contribution >= 4 is 35.8 Å². The Balaban J connectivity index is 2.31. The summed E-state index contributed by atoms with van der Waals surface area (Å²) < 4.78 is 13.4. The van der Waals surface area contributed by atoms with Crippen LogP contribution in [0.2, 0.25) is 5.02 Å². The zero-order valence-electron chi connectivity index (χ0n) is 11.1. The van der Waals surface area contributed by atoms with Gasteiger partial charge in [0.2, 0.25) is 0 Å². The highest BCUT2D eigenvalue weighted by Gasteiger charge is 2.19. The SMILES string of the molecule is Cc1cccc(Cl)c1NC(=O)c1ccc(F)c(B(O)O)c1. The number of nitrogens with one attached hydrogen (secondary N) is 1. The lowest BCUT2D eigenvalue weighted by molar-refractivity contribution is 0.102. The average Bonchev–Trinajstić information content (AvgIpc) is 2.43. The molecule has 0 bridgehead atoms. The Morgan fingerprint density at radius 3 is 2.62 bits per heavy atom. The molecule has 0 fully saturated rings. The summed E-state index contributed by atoms with van der Waals surface area (Å²) in [4.78, 5) is 12.1. The van der Waals surface area contributed by atoms with E-state index >= 15 is 0 Å². The first-order chi connectivity index (χ1) is 9.90. The topological polar surface area (TPSA) is 69.6 Å². The summed E-state index contributed by atoms with van der Waals surface area (Å²) in [6, 6.07) is 8.52. The van der Waals surface area contributed by atoms with E-state index in [1.165, 1.54) is 6.07 Å². The van der Waals surface area contributed by atoms with E-state index in [9.17, 15) is 9.18 Å². The highest BCUT2D eigenvalue weighted by Crippen LogP contribution is 2.25. The molecular weight excluding hydrogens is 295 g/mol. The molecule has 21 heavy (non-hydrogen) atoms. The first kappa shape index (κ1) is 15.5. The predicted octanol–water partition coefficient (Wildman–Crippen LogP) is 1.72. The number of rotatable bonds is 3. The van der Waals surface area contributed by atoms with Gasteiger partial charge >= 0.3 is 7.12 Å². The summed E-state index contributed by atoms with van der Waals surface area (Å²) in [6.07, 6.45) is 0. The van der Waals surface area contributed by atoms with Gasteiger partial charge in [-0.1, -0.05) is 23.7 Å². The van der Waals surface area contributed by atoms with E-state index in [1.54, 1.807) is 25.1 Å². The maximum absolute atomic E-state index is 13.4. The number of hydrogen-bond donors (Lipinski definition) is 3. The van der Waals surface area contributed by atoms with Crippen molar-refractivity contribution < 1.29 is 19.2 Å². The number of benzene rings is 2. The maximum atomic E-state index is 13.4. The largest absolute Gasteiger partial charge is 0.491 e. The van der Waals surface area contributed by atoms with Gasteiger partial charge in [0.15, 0.2) is 0 Å². The van der Waals surface area contributed by atoms with Crippen molar-refractivity contribution in [1.82, 2.24) is 0 Å². The molecule has 2 aromatic rings. The number of amides is 1. The maximum Gasteiger partial charge on any atom is 0.491 e. The lowest BCUT2D eigenvalue weighted by Crippen LogP contribution is -2.33. The molecule has 0 unspecified atom stereocenters. The molecule has 7 heteroatoms. The summed E-state index contributed by atoms with van der Waals surface area (Å²) in [5.74, 6) is -1.32. The fourth-order valence-electron chi connectivity index (χ4n) is 1.86. The van der Waals surface area contributed by atoms with Crippen molar-refractivity contribution in [2.24, 2.45) is 0 Å². The fraction of sp³-hybridized carbons (Fsp3) is 0.0714. The third-order valence-electron chi connectivity index (χ3n) is 3.00. The molecule has 2 aromatic carbocycles. The summed E-state index contributed by atoms with van der Waals surface area (Å²) in [6.45, 7) is 1.79. The van der Waals surface area contributed by atoms with Gasteiger partial charge in [0.1, 0.15) is 5.82 Å². The van der Waals surface area contributed by atoms with E-state index in [-0.39, 0.29) is 11.0 Å². The van der Waals surface area contributed by atoms with Gasteiger partial charge in [0.05, 0.1) is 10.7 Å². The van der Waals surface area contributed by atoms with E-state index in [0.717, 1.165) is 17.7 Å². The molecule has 0 heterocycles. The first-order valence-electron chi connectivity index (χ1n) is 6.12. The summed E-state index contributed by atoms with van der Waals surface area (Å²) in [5, 5.41) is 21.1. The van der Waals surface area contributed by atoms with Crippen molar-refractivity contribution in [3.63, 3.8) is 0 Å². The Bertz CT molecular complexity index is 674. The van der Waals surface area contributed by atoms with Crippen LogP contribution in [-0.4, -0.2) is 23.1 Å². The Morgan fingerprint density at radius 1 is 1.29 bits per heavy atom. The molecule has 4 nitrogen and oxygen atoms in total. The molecule has 0 saturated carbocycles. The van der Waals surface area contributed by atoms with Gasteiger partial charge in [-0.3, -0.25) is 4.79 Å². The zero-order chi connectivity index (χ0) is 15.6. The molecule has 0 aromatic heterocycles. The lowest BCUT2D eigenvalue weighted by Gasteiger charge is -2.11. The third kappa shape index (κ3) is 3.42. The number of aryl methyl sites for hydroxylation is 1. The lowest BCUT2D eigenvalue weighted by atomic mass is 9.79. The number of anilines is 1. The number of hydrogen-bond acceptors (Lipinski definition) is 3. The van der Waals surface area contributed by atoms with Crippen molar-refractivity contribution in [3.05, 3.63) is 58.4 Å². The number of para-hydroxylation sites is 1. The van der Waals surface area contributed by atoms with Crippen LogP contribution in [0.3, 0.4) is 0 Å². The fourth-order valence-corrected chi connectivity index (χ4v) is 2.13. The Morgan fingerprint density at radius 2 is 2.00 bits per heavy atom. The van der Waals surface area contributed by atoms with Crippen molar-refractivity contribution in [2.75, 3.05) is 5.32 Å². The van der Waals surface area contributed by atoms with Crippen LogP contribution < -0.4 is 10.8 Å². The summed E-state index contributed by atoms with van der Waals surface area (Å²) in [5.41, 5.74) is 0.970. The van der Waals surface area contributed by atoms with Crippen LogP contribution in [-0.2, 0) is 0 Å². The average molecular weight is 308 g/mol. The first-order valence-corrected chi connectivity index (χ1v) is 6.50. The Kier molecular flexibility index (Phi) is 4.62. The van der Waals surface area contributed by atoms with Gasteiger partial charge in [-0.15, -0.1) is 0 Å². The van der Waals surface area contributed by atoms with E-state index in [2.05, 4.69) is 5.32 Å². The van der Waals surface area contributed by atoms with Gasteiger partial charge in [-0.05, 0) is 36.8 Å². The van der Waals surface area contributed by atoms with Crippen LogP contribution in [0.1, 0.15) is 15.9 Å². The van der Waals surface area contributed by atoms with Gasteiger partial charge in [-0.2, -0.15) is 0 Å². The van der Waals surface area contributed by atoms with Gasteiger partial charge < -0.3 is 15.4 Å². The van der Waals surface area contributed by atoms with Crippen molar-refractivity contribution in [3.8, 4) is 0 Å². The molecule has 2 rings (SSSR count). The normalized spacial score (nSPS) is 10.3. The Hall–Kier alpha value is -1.89. The second kappa shape index (κ2) is 6.26.